The molecule has 5 aliphatic heterocycles. The highest BCUT2D eigenvalue weighted by atomic mass is 19.1. The zero-order chi connectivity index (χ0) is 32.6. The number of hydrogen-bond acceptors (Lipinski definition) is 9. The monoisotopic (exact) mass is 646 g/mol. The number of ether oxygens (including phenoxy) is 2. The maximum atomic E-state index is 16.9. The van der Waals surface area contributed by atoms with Crippen LogP contribution in [-0.4, -0.2) is 93.1 Å². The van der Waals surface area contributed by atoms with Gasteiger partial charge in [-0.05, 0) is 63.1 Å². The van der Waals surface area contributed by atoms with Crippen molar-refractivity contribution in [3.05, 3.63) is 54.0 Å². The van der Waals surface area contributed by atoms with Crippen molar-refractivity contribution in [3.63, 3.8) is 0 Å². The highest BCUT2D eigenvalue weighted by molar-refractivity contribution is 6.02. The molecule has 244 valence electrons. The molecule has 0 aliphatic carbocycles. The molecule has 0 radical (unpaired) electrons. The second-order valence-corrected chi connectivity index (χ2v) is 13.8. The van der Waals surface area contributed by atoms with E-state index in [1.54, 1.807) is 6.20 Å². The SMILES string of the molecule is C#Cc1cccc2cccc(-c3ncc4c(N5C[C@H]6CC[C@@H](C5)N6C(=O)[C@@H]5CC(=O)O5)nc(OCC56CCCN5CCC6)nc4c3F)c12. The summed E-state index contributed by atoms with van der Waals surface area (Å²) in [6, 6.07) is 11.3. The van der Waals surface area contributed by atoms with Gasteiger partial charge in [0.25, 0.3) is 5.91 Å². The summed E-state index contributed by atoms with van der Waals surface area (Å²) in [5.74, 6) is 2.25. The van der Waals surface area contributed by atoms with Crippen LogP contribution in [0.3, 0.4) is 0 Å². The van der Waals surface area contributed by atoms with E-state index >= 15 is 4.39 Å². The third kappa shape index (κ3) is 4.53. The Morgan fingerprint density at radius 2 is 1.81 bits per heavy atom. The van der Waals surface area contributed by atoms with Crippen LogP contribution < -0.4 is 9.64 Å². The van der Waals surface area contributed by atoms with Gasteiger partial charge in [-0.1, -0.05) is 36.3 Å². The van der Waals surface area contributed by atoms with Crippen molar-refractivity contribution in [2.75, 3.05) is 37.7 Å². The van der Waals surface area contributed by atoms with Crippen molar-refractivity contribution in [2.24, 2.45) is 0 Å². The number of amides is 1. The standard InChI is InChI=1S/C37H35FN6O4/c1-2-22-7-3-8-23-9-4-10-26(30(22)23)32-31(38)33-27(18-39-32)34(41-36(40-33)47-21-37-13-5-15-43(37)16-6-14-37)42-19-24-11-12-25(20-42)44(24)35(46)28-17-29(45)48-28/h1,3-4,7-10,18,24-25,28H,5-6,11-17,19-21H2/t24-,25+,28-/m0/s1. The van der Waals surface area contributed by atoms with Crippen molar-refractivity contribution >= 4 is 39.4 Å². The van der Waals surface area contributed by atoms with Crippen molar-refractivity contribution in [1.82, 2.24) is 24.8 Å². The smallest absolute Gasteiger partial charge is 0.319 e. The molecule has 2 aromatic heterocycles. The summed E-state index contributed by atoms with van der Waals surface area (Å²) in [6.45, 7) is 3.58. The molecule has 2 bridgehead atoms. The second kappa shape index (κ2) is 11.1. The normalized spacial score (nSPS) is 24.4. The molecule has 11 heteroatoms. The number of benzene rings is 2. The largest absolute Gasteiger partial charge is 0.461 e. The Morgan fingerprint density at radius 1 is 1.08 bits per heavy atom. The van der Waals surface area contributed by atoms with Gasteiger partial charge in [-0.25, -0.2) is 4.39 Å². The Labute approximate surface area is 277 Å². The molecule has 0 N–H and O–H groups in total. The van der Waals surface area contributed by atoms with Crippen molar-refractivity contribution in [2.45, 2.75) is 68.7 Å². The number of cyclic esters (lactones) is 1. The van der Waals surface area contributed by atoms with Crippen LogP contribution >= 0.6 is 0 Å². The summed E-state index contributed by atoms with van der Waals surface area (Å²) >= 11 is 0. The molecule has 5 saturated heterocycles. The number of terminal acetylenes is 1. The number of carbonyl (C=O) groups is 2. The Balaban J connectivity index is 1.12. The Hall–Kier alpha value is -4.82. The molecule has 1 amide bonds. The molecule has 0 spiro atoms. The predicted octanol–water partition coefficient (Wildman–Crippen LogP) is 4.47. The topological polar surface area (TPSA) is 101 Å². The molecule has 0 unspecified atom stereocenters. The molecule has 5 fully saturated rings. The zero-order valence-electron chi connectivity index (χ0n) is 26.5. The van der Waals surface area contributed by atoms with Gasteiger partial charge in [0, 0.05) is 47.9 Å². The van der Waals surface area contributed by atoms with Crippen LogP contribution in [0.15, 0.2) is 42.6 Å². The number of piperazine rings is 1. The molecule has 4 aromatic rings. The summed E-state index contributed by atoms with van der Waals surface area (Å²) in [5, 5.41) is 2.14. The summed E-state index contributed by atoms with van der Waals surface area (Å²) in [4.78, 5) is 45.5. The highest BCUT2D eigenvalue weighted by Crippen LogP contribution is 2.41. The average Bonchev–Trinajstić information content (AvgIpc) is 3.75. The molecular formula is C37H35FN6O4. The molecule has 5 aliphatic rings. The third-order valence-electron chi connectivity index (χ3n) is 11.2. The van der Waals surface area contributed by atoms with Gasteiger partial charge in [0.15, 0.2) is 11.9 Å². The summed E-state index contributed by atoms with van der Waals surface area (Å²) < 4.78 is 28.5. The number of pyridine rings is 1. The van der Waals surface area contributed by atoms with Crippen LogP contribution in [0.2, 0.25) is 0 Å². The fourth-order valence-corrected chi connectivity index (χ4v) is 8.87. The van der Waals surface area contributed by atoms with Crippen LogP contribution in [-0.2, 0) is 14.3 Å². The van der Waals surface area contributed by atoms with E-state index in [4.69, 9.17) is 25.9 Å². The van der Waals surface area contributed by atoms with Gasteiger partial charge in [0.05, 0.1) is 17.3 Å². The summed E-state index contributed by atoms with van der Waals surface area (Å²) in [7, 11) is 0. The molecule has 2 aromatic carbocycles. The lowest BCUT2D eigenvalue weighted by Gasteiger charge is -2.43. The lowest BCUT2D eigenvalue weighted by atomic mass is 9.95. The van der Waals surface area contributed by atoms with E-state index < -0.39 is 11.9 Å². The Morgan fingerprint density at radius 3 is 2.52 bits per heavy atom. The number of anilines is 1. The van der Waals surface area contributed by atoms with Crippen LogP contribution in [0.5, 0.6) is 6.01 Å². The van der Waals surface area contributed by atoms with Gasteiger partial charge < -0.3 is 19.3 Å². The van der Waals surface area contributed by atoms with Crippen LogP contribution in [0.25, 0.3) is 32.9 Å². The number of nitrogens with zero attached hydrogens (tertiary/aromatic N) is 6. The maximum absolute atomic E-state index is 16.9. The van der Waals surface area contributed by atoms with Gasteiger partial charge >= 0.3 is 12.0 Å². The van der Waals surface area contributed by atoms with Crippen molar-refractivity contribution in [3.8, 4) is 29.6 Å². The summed E-state index contributed by atoms with van der Waals surface area (Å²) in [6.07, 6.45) is 13.0. The predicted molar refractivity (Wildman–Crippen MR) is 177 cm³/mol. The number of rotatable bonds is 6. The number of carbonyl (C=O) groups excluding carboxylic acids is 2. The first kappa shape index (κ1) is 29.3. The molecule has 0 saturated carbocycles. The van der Waals surface area contributed by atoms with E-state index in [1.165, 1.54) is 0 Å². The van der Waals surface area contributed by atoms with E-state index in [0.29, 0.717) is 42.0 Å². The van der Waals surface area contributed by atoms with E-state index in [2.05, 4.69) is 20.7 Å². The van der Waals surface area contributed by atoms with Crippen molar-refractivity contribution in [1.29, 1.82) is 0 Å². The van der Waals surface area contributed by atoms with Gasteiger partial charge in [-0.15, -0.1) is 6.42 Å². The van der Waals surface area contributed by atoms with E-state index in [-0.39, 0.29) is 53.1 Å². The summed E-state index contributed by atoms with van der Waals surface area (Å²) in [5.41, 5.74) is 1.51. The second-order valence-electron chi connectivity index (χ2n) is 13.8. The third-order valence-corrected chi connectivity index (χ3v) is 11.2. The van der Waals surface area contributed by atoms with Gasteiger partial charge in [0.2, 0.25) is 0 Å². The minimum absolute atomic E-state index is 0.0366. The Bertz CT molecular complexity index is 2010. The maximum Gasteiger partial charge on any atom is 0.319 e. The fraction of sp³-hybridized carbons (Fsp3) is 0.432. The minimum Gasteiger partial charge on any atom is -0.461 e. The number of fused-ring (bicyclic) bond motifs is 5. The number of aromatic nitrogens is 3. The molecule has 9 rings (SSSR count). The van der Waals surface area contributed by atoms with Gasteiger partial charge in [-0.2, -0.15) is 9.97 Å². The molecular weight excluding hydrogens is 611 g/mol. The molecule has 3 atom stereocenters. The highest BCUT2D eigenvalue weighted by Gasteiger charge is 2.49. The van der Waals surface area contributed by atoms with Crippen LogP contribution in [0, 0.1) is 18.2 Å². The lowest BCUT2D eigenvalue weighted by Crippen LogP contribution is -2.60. The number of hydrogen-bond donors (Lipinski definition) is 0. The zero-order valence-corrected chi connectivity index (χ0v) is 26.5. The van der Waals surface area contributed by atoms with Gasteiger partial charge in [0.1, 0.15) is 23.6 Å². The minimum atomic E-state index is -0.696. The van der Waals surface area contributed by atoms with Crippen LogP contribution in [0.4, 0.5) is 10.2 Å². The molecule has 10 nitrogen and oxygen atoms in total. The van der Waals surface area contributed by atoms with Crippen LogP contribution in [0.1, 0.15) is 50.5 Å². The average molecular weight is 647 g/mol. The van der Waals surface area contributed by atoms with E-state index in [1.807, 2.05) is 41.3 Å². The first-order valence-corrected chi connectivity index (χ1v) is 16.9. The molecule has 48 heavy (non-hydrogen) atoms. The fourth-order valence-electron chi connectivity index (χ4n) is 8.87. The first-order valence-electron chi connectivity index (χ1n) is 16.9. The Kier molecular flexibility index (Phi) is 6.80. The van der Waals surface area contributed by atoms with E-state index in [0.717, 1.165) is 62.4 Å². The first-order chi connectivity index (χ1) is 23.4. The van der Waals surface area contributed by atoms with Crippen molar-refractivity contribution < 1.29 is 23.5 Å². The number of halogens is 1. The lowest BCUT2D eigenvalue weighted by molar-refractivity contribution is -0.180. The quantitative estimate of drug-likeness (QED) is 0.222. The van der Waals surface area contributed by atoms with E-state index in [9.17, 15) is 9.59 Å². The van der Waals surface area contributed by atoms with Gasteiger partial charge in [-0.3, -0.25) is 19.5 Å². The molecule has 7 heterocycles. The number of esters is 1.